The highest BCUT2D eigenvalue weighted by Gasteiger charge is 2.59. The molecule has 104 valence electrons. The zero-order valence-corrected chi connectivity index (χ0v) is 12.3. The average Bonchev–Trinajstić information content (AvgIpc) is 3.06. The van der Waals surface area contributed by atoms with Gasteiger partial charge in [0.05, 0.1) is 11.7 Å². The second-order valence-electron chi connectivity index (χ2n) is 6.06. The van der Waals surface area contributed by atoms with Crippen LogP contribution >= 0.6 is 0 Å². The molecule has 1 N–H and O–H groups in total. The summed E-state index contributed by atoms with van der Waals surface area (Å²) in [5.74, 6) is 1.00. The van der Waals surface area contributed by atoms with Crippen molar-refractivity contribution in [1.29, 1.82) is 0 Å². The number of hydrogen-bond acceptors (Lipinski definition) is 2. The van der Waals surface area contributed by atoms with Crippen molar-refractivity contribution >= 4 is 5.91 Å². The van der Waals surface area contributed by atoms with Crippen LogP contribution in [0.15, 0.2) is 0 Å². The van der Waals surface area contributed by atoms with Crippen molar-refractivity contribution in [2.24, 2.45) is 5.92 Å². The molecule has 2 atom stereocenters. The Morgan fingerprint density at radius 3 is 2.39 bits per heavy atom. The summed E-state index contributed by atoms with van der Waals surface area (Å²) in [5, 5.41) is 3.60. The Labute approximate surface area is 111 Å². The first-order valence-electron chi connectivity index (χ1n) is 7.70. The summed E-state index contributed by atoms with van der Waals surface area (Å²) in [6, 6.07) is 0.372. The largest absolute Gasteiger partial charge is 0.323 e. The van der Waals surface area contributed by atoms with Gasteiger partial charge < -0.3 is 4.90 Å². The standard InChI is InChI=1S/C15H28N2O/c1-5-8-13-16-15(9-10-15)14(18)17(13)11(4)12(6-2)7-3/h11-13,16H,5-10H2,1-4H3. The maximum absolute atomic E-state index is 12.6. The molecular formula is C15H28N2O. The van der Waals surface area contributed by atoms with E-state index in [1.165, 1.54) is 0 Å². The molecule has 0 aromatic rings. The van der Waals surface area contributed by atoms with Crippen LogP contribution in [0.2, 0.25) is 0 Å². The quantitative estimate of drug-likeness (QED) is 0.788. The molecule has 1 amide bonds. The Morgan fingerprint density at radius 2 is 1.94 bits per heavy atom. The van der Waals surface area contributed by atoms with Crippen molar-refractivity contribution in [3.8, 4) is 0 Å². The van der Waals surface area contributed by atoms with Gasteiger partial charge in [0.25, 0.3) is 0 Å². The number of nitrogens with one attached hydrogen (secondary N) is 1. The average molecular weight is 252 g/mol. The van der Waals surface area contributed by atoms with Crippen molar-refractivity contribution < 1.29 is 4.79 Å². The van der Waals surface area contributed by atoms with Crippen LogP contribution < -0.4 is 5.32 Å². The summed E-state index contributed by atoms with van der Waals surface area (Å²) in [7, 11) is 0. The van der Waals surface area contributed by atoms with Gasteiger partial charge in [-0.3, -0.25) is 10.1 Å². The lowest BCUT2D eigenvalue weighted by atomic mass is 9.93. The molecule has 18 heavy (non-hydrogen) atoms. The van der Waals surface area contributed by atoms with Crippen LogP contribution in [0.4, 0.5) is 0 Å². The summed E-state index contributed by atoms with van der Waals surface area (Å²) < 4.78 is 0. The van der Waals surface area contributed by atoms with E-state index >= 15 is 0 Å². The maximum atomic E-state index is 12.6. The SMILES string of the molecule is CCCC1NC2(CC2)C(=O)N1C(C)C(CC)CC. The summed E-state index contributed by atoms with van der Waals surface area (Å²) in [5.41, 5.74) is -0.153. The van der Waals surface area contributed by atoms with E-state index in [4.69, 9.17) is 0 Å². The van der Waals surface area contributed by atoms with Gasteiger partial charge in [-0.15, -0.1) is 0 Å². The summed E-state index contributed by atoms with van der Waals surface area (Å²) in [6.45, 7) is 8.91. The molecule has 2 rings (SSSR count). The van der Waals surface area contributed by atoms with Gasteiger partial charge in [0.2, 0.25) is 5.91 Å². The molecule has 0 aromatic heterocycles. The molecule has 1 heterocycles. The van der Waals surface area contributed by atoms with Gasteiger partial charge in [0.15, 0.2) is 0 Å². The molecule has 3 heteroatoms. The lowest BCUT2D eigenvalue weighted by molar-refractivity contribution is -0.133. The van der Waals surface area contributed by atoms with E-state index in [0.29, 0.717) is 17.9 Å². The molecule has 0 aromatic carbocycles. The molecule has 2 aliphatic rings. The van der Waals surface area contributed by atoms with Gasteiger partial charge in [-0.2, -0.15) is 0 Å². The van der Waals surface area contributed by atoms with Gasteiger partial charge in [-0.25, -0.2) is 0 Å². The fourth-order valence-electron chi connectivity index (χ4n) is 3.47. The van der Waals surface area contributed by atoms with Gasteiger partial charge in [0, 0.05) is 6.04 Å². The highest BCUT2D eigenvalue weighted by Crippen LogP contribution is 2.44. The summed E-state index contributed by atoms with van der Waals surface area (Å²) in [6.07, 6.45) is 6.89. The number of hydrogen-bond donors (Lipinski definition) is 1. The first kappa shape index (κ1) is 13.9. The van der Waals surface area contributed by atoms with Crippen LogP contribution in [0.1, 0.15) is 66.2 Å². The topological polar surface area (TPSA) is 32.3 Å². The smallest absolute Gasteiger partial charge is 0.244 e. The van der Waals surface area contributed by atoms with Gasteiger partial charge in [0.1, 0.15) is 0 Å². The highest BCUT2D eigenvalue weighted by atomic mass is 16.2. The Kier molecular flexibility index (Phi) is 4.00. The maximum Gasteiger partial charge on any atom is 0.244 e. The molecule has 1 saturated heterocycles. The van der Waals surface area contributed by atoms with E-state index in [9.17, 15) is 4.79 Å². The predicted octanol–water partition coefficient (Wildman–Crippen LogP) is 2.90. The molecule has 2 unspecified atom stereocenters. The van der Waals surface area contributed by atoms with Crippen LogP contribution in [0.5, 0.6) is 0 Å². The van der Waals surface area contributed by atoms with Gasteiger partial charge in [-0.05, 0) is 32.1 Å². The minimum Gasteiger partial charge on any atom is -0.323 e. The molecule has 3 nitrogen and oxygen atoms in total. The van der Waals surface area contributed by atoms with Crippen LogP contribution in [0.25, 0.3) is 0 Å². The lowest BCUT2D eigenvalue weighted by Crippen LogP contribution is -2.46. The second-order valence-corrected chi connectivity index (χ2v) is 6.06. The summed E-state index contributed by atoms with van der Waals surface area (Å²) in [4.78, 5) is 14.8. The lowest BCUT2D eigenvalue weighted by Gasteiger charge is -2.35. The number of carbonyl (C=O) groups excluding carboxylic acids is 1. The number of rotatable bonds is 6. The fourth-order valence-corrected chi connectivity index (χ4v) is 3.47. The predicted molar refractivity (Wildman–Crippen MR) is 74.2 cm³/mol. The molecule has 1 saturated carbocycles. The van der Waals surface area contributed by atoms with Gasteiger partial charge >= 0.3 is 0 Å². The monoisotopic (exact) mass is 252 g/mol. The van der Waals surface area contributed by atoms with E-state index in [2.05, 4.69) is 37.9 Å². The number of nitrogens with zero attached hydrogens (tertiary/aromatic N) is 1. The van der Waals surface area contributed by atoms with Crippen molar-refractivity contribution in [2.75, 3.05) is 0 Å². The van der Waals surface area contributed by atoms with Crippen LogP contribution in [-0.2, 0) is 4.79 Å². The third-order valence-corrected chi connectivity index (χ3v) is 4.90. The normalized spacial score (nSPS) is 27.3. The molecule has 0 radical (unpaired) electrons. The van der Waals surface area contributed by atoms with Crippen LogP contribution in [-0.4, -0.2) is 28.6 Å². The number of carbonyl (C=O) groups is 1. The Bertz CT molecular complexity index is 308. The van der Waals surface area contributed by atoms with E-state index in [-0.39, 0.29) is 11.7 Å². The third kappa shape index (κ3) is 2.18. The zero-order chi connectivity index (χ0) is 13.3. The minimum atomic E-state index is -0.153. The molecular weight excluding hydrogens is 224 g/mol. The zero-order valence-electron chi connectivity index (χ0n) is 12.3. The number of amides is 1. The third-order valence-electron chi connectivity index (χ3n) is 4.90. The minimum absolute atomic E-state index is 0.153. The molecule has 1 aliphatic heterocycles. The van der Waals surface area contributed by atoms with Crippen molar-refractivity contribution in [2.45, 2.75) is 84.0 Å². The molecule has 0 bridgehead atoms. The van der Waals surface area contributed by atoms with Crippen molar-refractivity contribution in [3.63, 3.8) is 0 Å². The van der Waals surface area contributed by atoms with Gasteiger partial charge in [-0.1, -0.05) is 40.0 Å². The van der Waals surface area contributed by atoms with Crippen LogP contribution in [0, 0.1) is 5.92 Å². The Balaban J connectivity index is 2.14. The molecule has 2 fully saturated rings. The molecule has 1 aliphatic carbocycles. The van der Waals surface area contributed by atoms with E-state index in [0.717, 1.165) is 38.5 Å². The first-order chi connectivity index (χ1) is 8.59. The Morgan fingerprint density at radius 1 is 1.33 bits per heavy atom. The van der Waals surface area contributed by atoms with E-state index in [1.807, 2.05) is 0 Å². The van der Waals surface area contributed by atoms with Crippen molar-refractivity contribution in [3.05, 3.63) is 0 Å². The second kappa shape index (κ2) is 5.20. The van der Waals surface area contributed by atoms with Crippen molar-refractivity contribution in [1.82, 2.24) is 10.2 Å². The summed E-state index contributed by atoms with van der Waals surface area (Å²) >= 11 is 0. The molecule has 1 spiro atoms. The van der Waals surface area contributed by atoms with E-state index in [1.54, 1.807) is 0 Å². The fraction of sp³-hybridized carbons (Fsp3) is 0.933. The van der Waals surface area contributed by atoms with E-state index < -0.39 is 0 Å². The first-order valence-corrected chi connectivity index (χ1v) is 7.70. The highest BCUT2D eigenvalue weighted by molar-refractivity contribution is 5.92. The Hall–Kier alpha value is -0.570. The van der Waals surface area contributed by atoms with Crippen LogP contribution in [0.3, 0.4) is 0 Å².